The van der Waals surface area contributed by atoms with Crippen LogP contribution in [0.4, 0.5) is 0 Å². The van der Waals surface area contributed by atoms with Crippen molar-refractivity contribution in [3.8, 4) is 11.3 Å². The van der Waals surface area contributed by atoms with Crippen LogP contribution in [0, 0.1) is 18.3 Å². The van der Waals surface area contributed by atoms with Crippen LogP contribution in [0.5, 0.6) is 0 Å². The van der Waals surface area contributed by atoms with Gasteiger partial charge in [0, 0.05) is 35.5 Å². The van der Waals surface area contributed by atoms with E-state index in [9.17, 15) is 8.42 Å². The predicted octanol–water partition coefficient (Wildman–Crippen LogP) is 5.15. The van der Waals surface area contributed by atoms with E-state index in [2.05, 4.69) is 32.7 Å². The SMILES string of the molecule is C[C](c1cc(-c2cscc2C)n(S(=O)(=O)c2cccnc2)c1)C(C)(C)C. The van der Waals surface area contributed by atoms with Gasteiger partial charge in [-0.2, -0.15) is 11.3 Å². The van der Waals surface area contributed by atoms with Crippen LogP contribution < -0.4 is 0 Å². The number of pyridine rings is 1. The molecule has 3 aromatic rings. The van der Waals surface area contributed by atoms with Crippen LogP contribution in [0.15, 0.2) is 52.4 Å². The fourth-order valence-electron chi connectivity index (χ4n) is 2.71. The third kappa shape index (κ3) is 3.35. The Morgan fingerprint density at radius 1 is 1.23 bits per heavy atom. The van der Waals surface area contributed by atoms with E-state index >= 15 is 0 Å². The summed E-state index contributed by atoms with van der Waals surface area (Å²) in [6.45, 7) is 10.4. The highest BCUT2D eigenvalue weighted by Gasteiger charge is 2.28. The Labute approximate surface area is 159 Å². The average Bonchev–Trinajstić information content (AvgIpc) is 3.20. The van der Waals surface area contributed by atoms with Crippen LogP contribution in [0.25, 0.3) is 11.3 Å². The fraction of sp³-hybridized carbons (Fsp3) is 0.300. The number of aromatic nitrogens is 2. The average molecular weight is 388 g/mol. The second-order valence-corrected chi connectivity index (χ2v) is 10.0. The Bertz CT molecular complexity index is 1010. The smallest absolute Gasteiger partial charge is 0.263 e. The molecule has 3 heterocycles. The molecule has 0 aliphatic rings. The van der Waals surface area contributed by atoms with Crippen LogP contribution in [0.1, 0.15) is 38.8 Å². The zero-order valence-electron chi connectivity index (χ0n) is 15.6. The number of nitrogens with zero attached hydrogens (tertiary/aromatic N) is 2. The van der Waals surface area contributed by atoms with Gasteiger partial charge in [-0.3, -0.25) is 4.98 Å². The van der Waals surface area contributed by atoms with E-state index in [0.29, 0.717) is 5.69 Å². The normalized spacial score (nSPS) is 12.7. The molecule has 0 fully saturated rings. The monoisotopic (exact) mass is 387 g/mol. The molecule has 0 saturated heterocycles. The van der Waals surface area contributed by atoms with Gasteiger partial charge < -0.3 is 0 Å². The molecule has 0 aliphatic heterocycles. The number of rotatable bonds is 4. The van der Waals surface area contributed by atoms with Crippen molar-refractivity contribution in [1.82, 2.24) is 8.96 Å². The molecule has 0 saturated carbocycles. The molecule has 0 aromatic carbocycles. The largest absolute Gasteiger partial charge is 0.269 e. The first kappa shape index (κ1) is 18.9. The van der Waals surface area contributed by atoms with Gasteiger partial charge >= 0.3 is 0 Å². The first-order valence-corrected chi connectivity index (χ1v) is 10.8. The highest BCUT2D eigenvalue weighted by molar-refractivity contribution is 7.90. The molecule has 4 nitrogen and oxygen atoms in total. The summed E-state index contributed by atoms with van der Waals surface area (Å²) >= 11 is 1.57. The van der Waals surface area contributed by atoms with Gasteiger partial charge in [0.25, 0.3) is 10.0 Å². The van der Waals surface area contributed by atoms with Crippen molar-refractivity contribution in [2.45, 2.75) is 39.5 Å². The highest BCUT2D eigenvalue weighted by Crippen LogP contribution is 2.38. The van der Waals surface area contributed by atoms with Crippen molar-refractivity contribution >= 4 is 21.4 Å². The highest BCUT2D eigenvalue weighted by atomic mass is 32.2. The van der Waals surface area contributed by atoms with Crippen LogP contribution in [0.2, 0.25) is 0 Å². The van der Waals surface area contributed by atoms with Gasteiger partial charge in [-0.05, 0) is 47.0 Å². The Balaban J connectivity index is 2.24. The number of thiophene rings is 1. The van der Waals surface area contributed by atoms with Crippen LogP contribution >= 0.6 is 11.3 Å². The molecule has 3 aromatic heterocycles. The lowest BCUT2D eigenvalue weighted by atomic mass is 9.78. The zero-order chi connectivity index (χ0) is 19.1. The molecule has 26 heavy (non-hydrogen) atoms. The Kier molecular flexibility index (Phi) is 4.84. The van der Waals surface area contributed by atoms with Gasteiger partial charge in [-0.1, -0.05) is 27.7 Å². The quantitative estimate of drug-likeness (QED) is 0.622. The summed E-state index contributed by atoms with van der Waals surface area (Å²) in [6, 6.07) is 5.19. The molecule has 0 amide bonds. The lowest BCUT2D eigenvalue weighted by Crippen LogP contribution is -2.16. The number of hydrogen-bond acceptors (Lipinski definition) is 4. The maximum atomic E-state index is 13.3. The van der Waals surface area contributed by atoms with E-state index in [-0.39, 0.29) is 10.3 Å². The summed E-state index contributed by atoms with van der Waals surface area (Å²) in [5.74, 6) is 1.15. The molecule has 137 valence electrons. The van der Waals surface area contributed by atoms with E-state index in [1.165, 1.54) is 10.2 Å². The second-order valence-electron chi connectivity index (χ2n) is 7.45. The van der Waals surface area contributed by atoms with Gasteiger partial charge in [0.15, 0.2) is 0 Å². The minimum Gasteiger partial charge on any atom is -0.263 e. The van der Waals surface area contributed by atoms with Crippen molar-refractivity contribution in [2.75, 3.05) is 0 Å². The molecule has 0 unspecified atom stereocenters. The van der Waals surface area contributed by atoms with Gasteiger partial charge in [0.2, 0.25) is 0 Å². The summed E-state index contributed by atoms with van der Waals surface area (Å²) < 4.78 is 27.9. The van der Waals surface area contributed by atoms with E-state index < -0.39 is 10.0 Å². The minimum absolute atomic E-state index is 0.0504. The lowest BCUT2D eigenvalue weighted by Gasteiger charge is -2.25. The van der Waals surface area contributed by atoms with Crippen molar-refractivity contribution < 1.29 is 8.42 Å². The molecule has 0 aliphatic carbocycles. The summed E-state index contributed by atoms with van der Waals surface area (Å²) in [6.07, 6.45) is 4.69. The third-order valence-electron chi connectivity index (χ3n) is 4.67. The zero-order valence-corrected chi connectivity index (χ0v) is 17.3. The molecular weight excluding hydrogens is 364 g/mol. The summed E-state index contributed by atoms with van der Waals surface area (Å²) in [5, 5.41) is 4.03. The molecular formula is C20H23N2O2S2. The molecule has 1 radical (unpaired) electrons. The topological polar surface area (TPSA) is 52.0 Å². The van der Waals surface area contributed by atoms with Crippen LogP contribution in [-0.4, -0.2) is 17.4 Å². The number of aryl methyl sites for hydroxylation is 1. The van der Waals surface area contributed by atoms with E-state index in [4.69, 9.17) is 0 Å². The van der Waals surface area contributed by atoms with Gasteiger partial charge in [0.05, 0.1) is 5.69 Å². The van der Waals surface area contributed by atoms with Crippen LogP contribution in [0.3, 0.4) is 0 Å². The maximum Gasteiger partial charge on any atom is 0.269 e. The van der Waals surface area contributed by atoms with E-state index in [1.807, 2.05) is 23.8 Å². The summed E-state index contributed by atoms with van der Waals surface area (Å²) in [7, 11) is -3.73. The first-order chi connectivity index (χ1) is 12.1. The number of hydrogen-bond donors (Lipinski definition) is 0. The predicted molar refractivity (Wildman–Crippen MR) is 107 cm³/mol. The molecule has 0 atom stereocenters. The molecule has 0 spiro atoms. The van der Waals surface area contributed by atoms with Crippen molar-refractivity contribution in [3.63, 3.8) is 0 Å². The molecule has 3 rings (SSSR count). The van der Waals surface area contributed by atoms with E-state index in [0.717, 1.165) is 22.6 Å². The standard InChI is InChI=1S/C20H23N2O2S2/c1-14-12-25-13-18(14)19-9-16(15(2)20(3,4)5)11-22(19)26(23,24)17-7-6-8-21-10-17/h6-13H,1-5H3. The summed E-state index contributed by atoms with van der Waals surface area (Å²) in [4.78, 5) is 4.16. The minimum atomic E-state index is -3.73. The Hall–Kier alpha value is -1.92. The van der Waals surface area contributed by atoms with Crippen molar-refractivity contribution in [1.29, 1.82) is 0 Å². The van der Waals surface area contributed by atoms with Crippen molar-refractivity contribution in [2.24, 2.45) is 5.41 Å². The van der Waals surface area contributed by atoms with Gasteiger partial charge in [0.1, 0.15) is 4.90 Å². The molecule has 0 bridgehead atoms. The third-order valence-corrected chi connectivity index (χ3v) is 7.19. The Morgan fingerprint density at radius 2 is 1.96 bits per heavy atom. The van der Waals surface area contributed by atoms with Crippen LogP contribution in [-0.2, 0) is 10.0 Å². The van der Waals surface area contributed by atoms with Gasteiger partial charge in [-0.15, -0.1) is 0 Å². The second kappa shape index (κ2) is 6.67. The Morgan fingerprint density at radius 3 is 2.50 bits per heavy atom. The van der Waals surface area contributed by atoms with Crippen molar-refractivity contribution in [3.05, 3.63) is 64.6 Å². The summed E-state index contributed by atoms with van der Waals surface area (Å²) in [5.41, 5.74) is 3.58. The van der Waals surface area contributed by atoms with Gasteiger partial charge in [-0.25, -0.2) is 12.4 Å². The molecule has 6 heteroatoms. The van der Waals surface area contributed by atoms with E-state index in [1.54, 1.807) is 35.9 Å². The fourth-order valence-corrected chi connectivity index (χ4v) is 4.89. The lowest BCUT2D eigenvalue weighted by molar-refractivity contribution is 0.451. The molecule has 0 N–H and O–H groups in total. The first-order valence-electron chi connectivity index (χ1n) is 8.38. The maximum absolute atomic E-state index is 13.3.